The summed E-state index contributed by atoms with van der Waals surface area (Å²) in [7, 11) is 0. The van der Waals surface area contributed by atoms with Crippen molar-refractivity contribution >= 4 is 0 Å². The van der Waals surface area contributed by atoms with E-state index >= 15 is 0 Å². The number of rotatable bonds is 37. The molecule has 0 fully saturated rings. The van der Waals surface area contributed by atoms with E-state index in [-0.39, 0.29) is 0 Å². The van der Waals surface area contributed by atoms with E-state index in [0.717, 1.165) is 141 Å². The third kappa shape index (κ3) is 19.2. The lowest BCUT2D eigenvalue weighted by Crippen LogP contribution is -2.18. The van der Waals surface area contributed by atoms with E-state index in [1.165, 1.54) is 89.1 Å². The lowest BCUT2D eigenvalue weighted by Gasteiger charge is -2.15. The van der Waals surface area contributed by atoms with Crippen LogP contribution in [0.2, 0.25) is 0 Å². The molecular weight excluding hydrogens is 1110 g/mol. The Kier molecular flexibility index (Phi) is 22.4. The van der Waals surface area contributed by atoms with Crippen molar-refractivity contribution in [3.63, 3.8) is 0 Å². The minimum atomic E-state index is 0.336. The molecule has 462 valence electrons. The number of nitrogens with one attached hydrogen (secondary N) is 4. The van der Waals surface area contributed by atoms with Gasteiger partial charge in [-0.2, -0.15) is 0 Å². The van der Waals surface area contributed by atoms with E-state index in [1.54, 1.807) is 11.1 Å². The summed E-state index contributed by atoms with van der Waals surface area (Å²) in [6.07, 6.45) is 57.0. The molecule has 2 aromatic heterocycles. The molecule has 0 spiro atoms. The van der Waals surface area contributed by atoms with Crippen molar-refractivity contribution in [3.05, 3.63) is 284 Å². The van der Waals surface area contributed by atoms with Gasteiger partial charge in [0.1, 0.15) is 11.4 Å². The number of allylic oxidation sites excluding steroid dienone is 20. The zero-order chi connectivity index (χ0) is 60.8. The molecule has 12 heteroatoms. The first-order valence-corrected chi connectivity index (χ1v) is 32.8. The van der Waals surface area contributed by atoms with Gasteiger partial charge < -0.3 is 30.7 Å². The number of hydrogen-bond acceptors (Lipinski definition) is 10. The first-order chi connectivity index (χ1) is 44.5. The SMILES string of the molecule is C1=CCC(CCCc2cc(CCCC3=CC=CC3)cc(-c3cc(CNCC4=CC=CC4)cc(Cn4cc(COCCOCc5cn(Cc6cc(CNCC7=CC=CC7)cc(-c7cc(CNCC8=CC=CC8)cc(CNCC8=CC=CC8)c7)c6)nn5)nn4)c3)c2)=C1. The van der Waals surface area contributed by atoms with Gasteiger partial charge in [-0.25, -0.2) is 9.36 Å². The molecule has 0 saturated carbocycles. The van der Waals surface area contributed by atoms with E-state index < -0.39 is 0 Å². The number of aromatic nitrogens is 6. The quantitative estimate of drug-likeness (QED) is 0.0280. The molecule has 6 aliphatic rings. The largest absolute Gasteiger partial charge is 0.373 e. The Labute approximate surface area is 533 Å². The standard InChI is InChI=1S/C78H88N10O2/c1-2-16-59(15-1)27-13-29-65-33-66(30-14-28-60-17-3-4-18-60)38-73(37-65)75-41-69(51-81-47-63-23-9-10-24-63)35-71(43-75)53-87-55-77(83-85-87)57-89-31-32-90-58-78-56-88(86-84-78)54-72-36-70(52-82-48-64-25-11-12-26-64)42-76(44-72)74-39-67(49-79-45-61-19-5-6-20-61)34-68(40-74)50-80-46-62-21-7-8-22-62/h1-12,15,17,19,21,23,25,33-44,55-56,79-82H,13-14,16,18,20,22,24,26-32,45-54,57-58H2. The van der Waals surface area contributed by atoms with Crippen LogP contribution in [-0.4, -0.2) is 69.4 Å². The lowest BCUT2D eigenvalue weighted by molar-refractivity contribution is 0.0318. The second-order valence-corrected chi connectivity index (χ2v) is 24.9. The number of ether oxygens (including phenoxy) is 2. The van der Waals surface area contributed by atoms with Crippen molar-refractivity contribution < 1.29 is 9.47 Å². The zero-order valence-corrected chi connectivity index (χ0v) is 52.4. The van der Waals surface area contributed by atoms with E-state index in [9.17, 15) is 0 Å². The molecule has 90 heavy (non-hydrogen) atoms. The molecule has 12 rings (SSSR count). The maximum atomic E-state index is 6.10. The number of nitrogens with zero attached hydrogens (tertiary/aromatic N) is 6. The summed E-state index contributed by atoms with van der Waals surface area (Å²) in [5, 5.41) is 33.1. The van der Waals surface area contributed by atoms with Gasteiger partial charge in [-0.05, 0) is 180 Å². The van der Waals surface area contributed by atoms with E-state index in [1.807, 2.05) is 21.8 Å². The summed E-state index contributed by atoms with van der Waals surface area (Å²) >= 11 is 0. The molecule has 0 unspecified atom stereocenters. The number of hydrogen-bond donors (Lipinski definition) is 4. The molecule has 6 aliphatic carbocycles. The van der Waals surface area contributed by atoms with Crippen molar-refractivity contribution in [1.29, 1.82) is 0 Å². The monoisotopic (exact) mass is 1200 g/mol. The van der Waals surface area contributed by atoms with E-state index in [2.05, 4.69) is 224 Å². The summed E-state index contributed by atoms with van der Waals surface area (Å²) < 4.78 is 16.0. The molecule has 0 radical (unpaired) electrons. The van der Waals surface area contributed by atoms with Gasteiger partial charge in [-0.1, -0.05) is 190 Å². The van der Waals surface area contributed by atoms with Crippen LogP contribution in [0, 0.1) is 0 Å². The fraction of sp³-hybridized carbons (Fsp3) is 0.333. The fourth-order valence-corrected chi connectivity index (χ4v) is 12.8. The summed E-state index contributed by atoms with van der Waals surface area (Å²) in [6, 6.07) is 28.4. The topological polar surface area (TPSA) is 128 Å². The van der Waals surface area contributed by atoms with Gasteiger partial charge in [0.25, 0.3) is 0 Å². The van der Waals surface area contributed by atoms with Gasteiger partial charge in [0.2, 0.25) is 0 Å². The van der Waals surface area contributed by atoms with Crippen LogP contribution in [0.25, 0.3) is 22.3 Å². The first kappa shape index (κ1) is 62.0. The van der Waals surface area contributed by atoms with Crippen LogP contribution in [0.3, 0.4) is 0 Å². The third-order valence-corrected chi connectivity index (χ3v) is 17.3. The molecule has 6 aromatic rings. The van der Waals surface area contributed by atoms with Gasteiger partial charge in [0.05, 0.1) is 51.9 Å². The minimum absolute atomic E-state index is 0.336. The summed E-state index contributed by atoms with van der Waals surface area (Å²) in [6.45, 7) is 9.32. The van der Waals surface area contributed by atoms with Gasteiger partial charge in [0.15, 0.2) is 0 Å². The Morgan fingerprint density at radius 2 is 0.622 bits per heavy atom. The average molecular weight is 1200 g/mol. The van der Waals surface area contributed by atoms with E-state index in [0.29, 0.717) is 39.5 Å². The van der Waals surface area contributed by atoms with Crippen molar-refractivity contribution in [2.24, 2.45) is 0 Å². The van der Waals surface area contributed by atoms with Gasteiger partial charge in [0, 0.05) is 52.4 Å². The van der Waals surface area contributed by atoms with Crippen molar-refractivity contribution in [2.45, 2.75) is 130 Å². The zero-order valence-electron chi connectivity index (χ0n) is 52.4. The molecular formula is C78H88N10O2. The molecule has 0 aliphatic heterocycles. The lowest BCUT2D eigenvalue weighted by atomic mass is 9.92. The first-order valence-electron chi connectivity index (χ1n) is 32.8. The maximum Gasteiger partial charge on any atom is 0.108 e. The molecule has 12 nitrogen and oxygen atoms in total. The van der Waals surface area contributed by atoms with Crippen LogP contribution in [0.4, 0.5) is 0 Å². The van der Waals surface area contributed by atoms with Crippen LogP contribution in [0.5, 0.6) is 0 Å². The fourth-order valence-electron chi connectivity index (χ4n) is 12.8. The normalized spacial score (nSPS) is 15.5. The Bertz CT molecular complexity index is 3470. The second-order valence-electron chi connectivity index (χ2n) is 24.9. The summed E-state index contributed by atoms with van der Waals surface area (Å²) in [5.74, 6) is 0. The van der Waals surface area contributed by atoms with Crippen LogP contribution < -0.4 is 21.3 Å². The Morgan fingerprint density at radius 3 is 0.956 bits per heavy atom. The third-order valence-electron chi connectivity index (χ3n) is 17.3. The van der Waals surface area contributed by atoms with E-state index in [4.69, 9.17) is 9.47 Å². The second kappa shape index (κ2) is 32.5. The predicted octanol–water partition coefficient (Wildman–Crippen LogP) is 14.4. The summed E-state index contributed by atoms with van der Waals surface area (Å²) in [4.78, 5) is 0. The molecule has 0 amide bonds. The Morgan fingerprint density at radius 1 is 0.322 bits per heavy atom. The van der Waals surface area contributed by atoms with Gasteiger partial charge in [-0.3, -0.25) is 0 Å². The minimum Gasteiger partial charge on any atom is -0.373 e. The maximum absolute atomic E-state index is 6.10. The van der Waals surface area contributed by atoms with Crippen LogP contribution >= 0.6 is 0 Å². The summed E-state index contributed by atoms with van der Waals surface area (Å²) in [5.41, 5.74) is 25.5. The van der Waals surface area contributed by atoms with Crippen LogP contribution in [0.1, 0.15) is 120 Å². The molecule has 0 bridgehead atoms. The number of benzene rings is 4. The molecule has 0 saturated heterocycles. The van der Waals surface area contributed by atoms with Crippen LogP contribution in [0.15, 0.2) is 228 Å². The highest BCUT2D eigenvalue weighted by Gasteiger charge is 2.15. The van der Waals surface area contributed by atoms with Crippen molar-refractivity contribution in [1.82, 2.24) is 51.3 Å². The highest BCUT2D eigenvalue weighted by Crippen LogP contribution is 2.31. The van der Waals surface area contributed by atoms with Crippen molar-refractivity contribution in [2.75, 3.05) is 39.4 Å². The van der Waals surface area contributed by atoms with Crippen molar-refractivity contribution in [3.8, 4) is 22.3 Å². The van der Waals surface area contributed by atoms with Crippen LogP contribution in [-0.2, 0) is 74.8 Å². The molecule has 4 aromatic carbocycles. The number of aryl methyl sites for hydroxylation is 2. The van der Waals surface area contributed by atoms with Gasteiger partial charge in [-0.15, -0.1) is 10.2 Å². The predicted molar refractivity (Wildman–Crippen MR) is 365 cm³/mol. The molecule has 0 atom stereocenters. The highest BCUT2D eigenvalue weighted by atomic mass is 16.5. The smallest absolute Gasteiger partial charge is 0.108 e. The van der Waals surface area contributed by atoms with Gasteiger partial charge >= 0.3 is 0 Å². The Balaban J connectivity index is 0.658. The highest BCUT2D eigenvalue weighted by molar-refractivity contribution is 5.68. The molecule has 4 N–H and O–H groups in total. The molecule has 2 heterocycles. The Hall–Kier alpha value is -8.20. The average Bonchev–Trinajstić information content (AvgIpc) is 1.57.